The molecule has 3 saturated heterocycles. The molecule has 0 aliphatic carbocycles. The first-order valence-corrected chi connectivity index (χ1v) is 41.1. The molecule has 3 heterocycles. The molecule has 0 aromatic rings. The van der Waals surface area contributed by atoms with Gasteiger partial charge in [-0.2, -0.15) is 0 Å². The highest BCUT2D eigenvalue weighted by molar-refractivity contribution is 5.76. The first kappa shape index (κ1) is 94.7. The van der Waals surface area contributed by atoms with E-state index in [1.165, 1.54) is 148 Å². The zero-order valence-corrected chi connectivity index (χ0v) is 64.2. The summed E-state index contributed by atoms with van der Waals surface area (Å²) in [5.41, 5.74) is 0. The highest BCUT2D eigenvalue weighted by Gasteiger charge is 2.54. The Morgan fingerprint density at radius 1 is 0.356 bits per heavy atom. The minimum Gasteiger partial charge on any atom is -0.394 e. The van der Waals surface area contributed by atoms with Crippen molar-refractivity contribution in [1.29, 1.82) is 0 Å². The molecule has 0 saturated carbocycles. The molecule has 1 amide bonds. The van der Waals surface area contributed by atoms with Gasteiger partial charge in [0.2, 0.25) is 5.91 Å². The average Bonchev–Trinajstić information content (AvgIpc) is 0.783. The lowest BCUT2D eigenvalue weighted by Gasteiger charge is -2.48. The monoisotopic (exact) mass is 1470 g/mol. The van der Waals surface area contributed by atoms with Crippen molar-refractivity contribution in [2.45, 2.75) is 394 Å². The van der Waals surface area contributed by atoms with Gasteiger partial charge >= 0.3 is 0 Å². The SMILES string of the molecule is CC/C=C\C/C=C\C/C=C\C/C=C\C/C=C\C/C=C\C/C=C\C/C=C\CCCCCCCCC(=O)NC(COC1OC(CO)C(OC2OC(CO)C(OC3OC(CO)C(O)C(O)C3O)C(O)C2O)C(O)C1O)C(O)/C=C/CCCCCCCCCCCCCCCCCCCCCCCCCCCC. The molecule has 600 valence electrons. The van der Waals surface area contributed by atoms with Gasteiger partial charge < -0.3 is 89.9 Å². The van der Waals surface area contributed by atoms with Crippen LogP contribution >= 0.6 is 0 Å². The first-order chi connectivity index (χ1) is 50.8. The van der Waals surface area contributed by atoms with Crippen molar-refractivity contribution in [3.05, 3.63) is 109 Å². The van der Waals surface area contributed by atoms with Crippen molar-refractivity contribution >= 4 is 5.91 Å². The molecule has 0 radical (unpaired) electrons. The van der Waals surface area contributed by atoms with Crippen LogP contribution in [0.1, 0.15) is 290 Å². The maximum absolute atomic E-state index is 13.5. The number of unbranched alkanes of at least 4 members (excludes halogenated alkanes) is 32. The molecular formula is C85H147NO18. The number of rotatable bonds is 64. The minimum absolute atomic E-state index is 0.220. The van der Waals surface area contributed by atoms with Gasteiger partial charge in [-0.3, -0.25) is 4.79 Å². The molecule has 0 bridgehead atoms. The van der Waals surface area contributed by atoms with Crippen LogP contribution in [0, 0.1) is 0 Å². The molecule has 0 aromatic carbocycles. The van der Waals surface area contributed by atoms with E-state index in [0.29, 0.717) is 6.42 Å². The fourth-order valence-corrected chi connectivity index (χ4v) is 13.3. The van der Waals surface area contributed by atoms with E-state index in [1.54, 1.807) is 6.08 Å². The third kappa shape index (κ3) is 43.6. The highest BCUT2D eigenvalue weighted by Crippen LogP contribution is 2.33. The number of hydrogen-bond donors (Lipinski definition) is 12. The van der Waals surface area contributed by atoms with Crippen molar-refractivity contribution in [2.24, 2.45) is 0 Å². The predicted octanol–water partition coefficient (Wildman–Crippen LogP) is 14.1. The third-order valence-corrected chi connectivity index (χ3v) is 19.8. The number of allylic oxidation sites excluding steroid dienone is 17. The lowest BCUT2D eigenvalue weighted by Crippen LogP contribution is -2.66. The Morgan fingerprint density at radius 3 is 1.04 bits per heavy atom. The van der Waals surface area contributed by atoms with Crippen LogP contribution in [-0.2, 0) is 33.2 Å². The normalized spacial score (nSPS) is 26.5. The van der Waals surface area contributed by atoms with Crippen molar-refractivity contribution in [3.8, 4) is 0 Å². The molecule has 3 aliphatic heterocycles. The molecule has 12 N–H and O–H groups in total. The molecule has 17 atom stereocenters. The Labute approximate surface area is 627 Å². The topological polar surface area (TPSA) is 307 Å². The lowest BCUT2D eigenvalue weighted by molar-refractivity contribution is -0.379. The maximum atomic E-state index is 13.5. The summed E-state index contributed by atoms with van der Waals surface area (Å²) >= 11 is 0. The molecule has 3 fully saturated rings. The van der Waals surface area contributed by atoms with E-state index in [-0.39, 0.29) is 18.9 Å². The average molecular weight is 1470 g/mol. The largest absolute Gasteiger partial charge is 0.394 e. The van der Waals surface area contributed by atoms with Gasteiger partial charge in [0.1, 0.15) is 73.2 Å². The predicted molar refractivity (Wildman–Crippen MR) is 415 cm³/mol. The van der Waals surface area contributed by atoms with Crippen LogP contribution in [0.2, 0.25) is 0 Å². The van der Waals surface area contributed by atoms with Crippen LogP contribution < -0.4 is 5.32 Å². The number of hydrogen-bond acceptors (Lipinski definition) is 18. The van der Waals surface area contributed by atoms with Gasteiger partial charge in [-0.1, -0.05) is 309 Å². The second kappa shape index (κ2) is 64.3. The summed E-state index contributed by atoms with van der Waals surface area (Å²) in [5.74, 6) is -0.292. The maximum Gasteiger partial charge on any atom is 0.220 e. The second-order valence-corrected chi connectivity index (χ2v) is 28.9. The smallest absolute Gasteiger partial charge is 0.220 e. The number of aliphatic hydroxyl groups excluding tert-OH is 11. The Bertz CT molecular complexity index is 2300. The van der Waals surface area contributed by atoms with E-state index in [9.17, 15) is 61.0 Å². The first-order valence-electron chi connectivity index (χ1n) is 41.1. The van der Waals surface area contributed by atoms with Gasteiger partial charge in [-0.15, -0.1) is 0 Å². The van der Waals surface area contributed by atoms with Crippen LogP contribution in [-0.4, -0.2) is 193 Å². The summed E-state index contributed by atoms with van der Waals surface area (Å²) < 4.78 is 34.5. The fraction of sp³-hybridized carbons (Fsp3) is 0.776. The van der Waals surface area contributed by atoms with E-state index in [4.69, 9.17) is 28.4 Å². The molecule has 3 rings (SSSR count). The van der Waals surface area contributed by atoms with E-state index in [0.717, 1.165) is 116 Å². The number of nitrogens with one attached hydrogen (secondary N) is 1. The molecule has 0 spiro atoms. The number of amides is 1. The van der Waals surface area contributed by atoms with Gasteiger partial charge in [-0.25, -0.2) is 0 Å². The van der Waals surface area contributed by atoms with Gasteiger partial charge in [0, 0.05) is 6.42 Å². The number of ether oxygens (including phenoxy) is 6. The van der Waals surface area contributed by atoms with Crippen LogP contribution in [0.4, 0.5) is 0 Å². The molecule has 104 heavy (non-hydrogen) atoms. The van der Waals surface area contributed by atoms with Crippen molar-refractivity contribution in [3.63, 3.8) is 0 Å². The number of aliphatic hydroxyl groups is 11. The van der Waals surface area contributed by atoms with Crippen molar-refractivity contribution in [1.82, 2.24) is 5.32 Å². The summed E-state index contributed by atoms with van der Waals surface area (Å²) in [5, 5.41) is 121. The second-order valence-electron chi connectivity index (χ2n) is 28.9. The summed E-state index contributed by atoms with van der Waals surface area (Å²) in [7, 11) is 0. The minimum atomic E-state index is -1.99. The molecule has 19 heteroatoms. The number of carbonyl (C=O) groups is 1. The summed E-state index contributed by atoms with van der Waals surface area (Å²) in [4.78, 5) is 13.5. The van der Waals surface area contributed by atoms with E-state index in [1.807, 2.05) is 6.08 Å². The van der Waals surface area contributed by atoms with Crippen LogP contribution in [0.5, 0.6) is 0 Å². The molecular weight excluding hydrogens is 1320 g/mol. The van der Waals surface area contributed by atoms with Crippen LogP contribution in [0.25, 0.3) is 0 Å². The van der Waals surface area contributed by atoms with Gasteiger partial charge in [0.25, 0.3) is 0 Å². The molecule has 3 aliphatic rings. The third-order valence-electron chi connectivity index (χ3n) is 19.8. The van der Waals surface area contributed by atoms with Crippen molar-refractivity contribution in [2.75, 3.05) is 26.4 Å². The Morgan fingerprint density at radius 2 is 0.663 bits per heavy atom. The lowest BCUT2D eigenvalue weighted by atomic mass is 9.96. The quantitative estimate of drug-likeness (QED) is 0.0199. The Balaban J connectivity index is 1.39. The summed E-state index contributed by atoms with van der Waals surface area (Å²) in [6.07, 6.45) is 62.1. The van der Waals surface area contributed by atoms with Gasteiger partial charge in [0.15, 0.2) is 18.9 Å². The van der Waals surface area contributed by atoms with E-state index >= 15 is 0 Å². The fourth-order valence-electron chi connectivity index (χ4n) is 13.3. The summed E-state index contributed by atoms with van der Waals surface area (Å²) in [6, 6.07) is -0.992. The Hall–Kier alpha value is -3.55. The molecule has 19 nitrogen and oxygen atoms in total. The Kier molecular flexibility index (Phi) is 58.5. The van der Waals surface area contributed by atoms with Gasteiger partial charge in [-0.05, 0) is 83.5 Å². The van der Waals surface area contributed by atoms with Crippen LogP contribution in [0.3, 0.4) is 0 Å². The number of carbonyl (C=O) groups excluding carboxylic acids is 1. The molecule has 0 aromatic heterocycles. The van der Waals surface area contributed by atoms with Gasteiger partial charge in [0.05, 0.1) is 38.6 Å². The highest BCUT2D eigenvalue weighted by atomic mass is 16.8. The summed E-state index contributed by atoms with van der Waals surface area (Å²) in [6.45, 7) is 1.63. The van der Waals surface area contributed by atoms with E-state index < -0.39 is 124 Å². The zero-order valence-electron chi connectivity index (χ0n) is 64.2. The zero-order chi connectivity index (χ0) is 75.3. The molecule has 17 unspecified atom stereocenters. The van der Waals surface area contributed by atoms with E-state index in [2.05, 4.69) is 116 Å². The van der Waals surface area contributed by atoms with Crippen LogP contribution in [0.15, 0.2) is 109 Å². The standard InChI is InChI=1S/C85H147NO18/c1-3-5-7-9-11-13-15-17-19-21-23-25-27-29-31-33-34-35-37-39-41-43-45-47-49-51-53-55-57-59-61-63-73(91)86-68(69(90)62-60-58-56-54-52-50-48-46-44-42-40-38-36-32-30-28-26-24-22-20-18-16-14-12-10-8-6-4-2)67-99-83-79(97)76(94)81(71(65-88)101-83)104-85-80(98)77(95)82(72(66-89)102-85)103-84-78(96)75(93)74(92)70(64-87)100-84/h5,7,11,13,17,19,23,25,29,31,34-35,39,41,45,47,60,62,68-72,74-85,87-90,92-98H,3-4,6,8-10,12,14-16,18,20-22,24,26-28,30,32-33,36-38,40,42-44,46,48-59,61,63-67H2,1-2H3,(H,86,91)/b7-5-,13-11-,19-17-,25-23-,31-29-,35-34-,41-39-,47-45-,62-60+. The van der Waals surface area contributed by atoms with Crippen molar-refractivity contribution < 1.29 is 89.4 Å².